The second-order valence-electron chi connectivity index (χ2n) is 7.05. The molecule has 3 atom stereocenters. The van der Waals surface area contributed by atoms with Gasteiger partial charge in [-0.25, -0.2) is 4.99 Å². The summed E-state index contributed by atoms with van der Waals surface area (Å²) < 4.78 is 8.20. The molecule has 7 heteroatoms. The van der Waals surface area contributed by atoms with Crippen LogP contribution in [0.5, 0.6) is 0 Å². The summed E-state index contributed by atoms with van der Waals surface area (Å²) in [6, 6.07) is 0.386. The van der Waals surface area contributed by atoms with Crippen LogP contribution in [-0.4, -0.2) is 45.5 Å². The summed E-state index contributed by atoms with van der Waals surface area (Å²) >= 11 is 0. The number of fused-ring (bicyclic) bond motifs is 3. The van der Waals surface area contributed by atoms with Crippen LogP contribution in [0.25, 0.3) is 0 Å². The van der Waals surface area contributed by atoms with Gasteiger partial charge in [-0.3, -0.25) is 0 Å². The van der Waals surface area contributed by atoms with Gasteiger partial charge in [-0.15, -0.1) is 10.2 Å². The summed E-state index contributed by atoms with van der Waals surface area (Å²) in [4.78, 5) is 4.76. The zero-order valence-electron chi connectivity index (χ0n) is 14.5. The molecule has 4 heterocycles. The molecule has 1 aromatic heterocycles. The first-order valence-electron chi connectivity index (χ1n) is 9.44. The maximum Gasteiger partial charge on any atom is 0.192 e. The van der Waals surface area contributed by atoms with Crippen LogP contribution in [0, 0.1) is 0 Å². The van der Waals surface area contributed by atoms with E-state index in [4.69, 9.17) is 9.73 Å². The van der Waals surface area contributed by atoms with Crippen molar-refractivity contribution >= 4 is 5.96 Å². The van der Waals surface area contributed by atoms with Gasteiger partial charge in [0.05, 0.1) is 18.2 Å². The zero-order valence-corrected chi connectivity index (χ0v) is 14.5. The van der Waals surface area contributed by atoms with Gasteiger partial charge in [0.2, 0.25) is 0 Å². The van der Waals surface area contributed by atoms with Crippen molar-refractivity contribution in [1.29, 1.82) is 0 Å². The van der Waals surface area contributed by atoms with E-state index in [1.807, 2.05) is 0 Å². The average molecular weight is 332 g/mol. The third-order valence-corrected chi connectivity index (χ3v) is 5.34. The summed E-state index contributed by atoms with van der Waals surface area (Å²) in [5.41, 5.74) is 0. The number of nitrogens with zero attached hydrogens (tertiary/aromatic N) is 4. The lowest BCUT2D eigenvalue weighted by Crippen LogP contribution is -2.47. The second kappa shape index (κ2) is 7.09. The van der Waals surface area contributed by atoms with E-state index in [2.05, 4.69) is 32.3 Å². The molecule has 0 spiro atoms. The van der Waals surface area contributed by atoms with Crippen molar-refractivity contribution < 1.29 is 4.74 Å². The van der Waals surface area contributed by atoms with E-state index in [9.17, 15) is 0 Å². The monoisotopic (exact) mass is 332 g/mol. The number of hydrogen-bond acceptors (Lipinski definition) is 4. The smallest absolute Gasteiger partial charge is 0.192 e. The number of nitrogens with one attached hydrogen (secondary N) is 2. The van der Waals surface area contributed by atoms with Gasteiger partial charge in [0.25, 0.3) is 0 Å². The van der Waals surface area contributed by atoms with Gasteiger partial charge in [0, 0.05) is 19.5 Å². The fourth-order valence-corrected chi connectivity index (χ4v) is 4.10. The van der Waals surface area contributed by atoms with Crippen molar-refractivity contribution in [2.24, 2.45) is 4.99 Å². The highest BCUT2D eigenvalue weighted by Crippen LogP contribution is 2.34. The van der Waals surface area contributed by atoms with Crippen LogP contribution in [0.15, 0.2) is 4.99 Å². The Morgan fingerprint density at radius 3 is 3.04 bits per heavy atom. The van der Waals surface area contributed by atoms with E-state index in [1.54, 1.807) is 0 Å². The van der Waals surface area contributed by atoms with Crippen LogP contribution in [0.1, 0.15) is 57.1 Å². The van der Waals surface area contributed by atoms with E-state index < -0.39 is 0 Å². The van der Waals surface area contributed by atoms with Gasteiger partial charge in [-0.2, -0.15) is 0 Å². The van der Waals surface area contributed by atoms with Gasteiger partial charge in [-0.05, 0) is 39.0 Å². The number of ether oxygens (including phenoxy) is 1. The number of hydrogen-bond donors (Lipinski definition) is 2. The fraction of sp³-hybridized carbons (Fsp3) is 0.824. The molecule has 0 aliphatic carbocycles. The second-order valence-corrected chi connectivity index (χ2v) is 7.05. The molecule has 3 aliphatic rings. The van der Waals surface area contributed by atoms with Crippen LogP contribution in [-0.2, 0) is 24.2 Å². The predicted octanol–water partition coefficient (Wildman–Crippen LogP) is 1.38. The molecule has 4 rings (SSSR count). The maximum absolute atomic E-state index is 5.93. The number of aryl methyl sites for hydroxylation is 1. The molecule has 2 fully saturated rings. The first kappa shape index (κ1) is 15.9. The largest absolute Gasteiger partial charge is 0.373 e. The minimum absolute atomic E-state index is 0.350. The summed E-state index contributed by atoms with van der Waals surface area (Å²) in [5, 5.41) is 15.6. The van der Waals surface area contributed by atoms with E-state index in [0.29, 0.717) is 24.8 Å². The van der Waals surface area contributed by atoms with Gasteiger partial charge in [0.1, 0.15) is 12.4 Å². The lowest BCUT2D eigenvalue weighted by atomic mass is 9.96. The van der Waals surface area contributed by atoms with E-state index in [1.165, 1.54) is 32.1 Å². The van der Waals surface area contributed by atoms with Gasteiger partial charge < -0.3 is 19.9 Å². The molecule has 0 radical (unpaired) electrons. The molecule has 2 saturated heterocycles. The van der Waals surface area contributed by atoms with Crippen molar-refractivity contribution in [2.75, 3.05) is 6.54 Å². The molecule has 3 aliphatic heterocycles. The Labute approximate surface area is 143 Å². The number of aromatic nitrogens is 3. The fourth-order valence-electron chi connectivity index (χ4n) is 4.10. The molecule has 1 aromatic rings. The number of rotatable bonds is 4. The Kier molecular flexibility index (Phi) is 4.69. The summed E-state index contributed by atoms with van der Waals surface area (Å²) in [7, 11) is 0. The van der Waals surface area contributed by atoms with Crippen molar-refractivity contribution in [3.63, 3.8) is 0 Å². The standard InChI is InChI=1S/C17H28N6O/c1-2-18-17(20-13-10-12-7-8-14(13)24-12)19-11-16-22-21-15-6-4-3-5-9-23(15)16/h12-14H,2-11H2,1H3,(H2,18,19,20). The van der Waals surface area contributed by atoms with Gasteiger partial charge >= 0.3 is 0 Å². The normalized spacial score (nSPS) is 29.4. The Hall–Kier alpha value is -1.63. The molecule has 0 amide bonds. The average Bonchev–Trinajstić information content (AvgIpc) is 3.25. The third-order valence-electron chi connectivity index (χ3n) is 5.34. The molecule has 0 aromatic carbocycles. The van der Waals surface area contributed by atoms with Crippen LogP contribution in [0.2, 0.25) is 0 Å². The molecule has 0 saturated carbocycles. The van der Waals surface area contributed by atoms with E-state index in [0.717, 1.165) is 43.5 Å². The third kappa shape index (κ3) is 3.27. The first-order valence-corrected chi connectivity index (χ1v) is 9.44. The quantitative estimate of drug-likeness (QED) is 0.643. The van der Waals surface area contributed by atoms with E-state index >= 15 is 0 Å². The summed E-state index contributed by atoms with van der Waals surface area (Å²) in [6.45, 7) is 4.55. The van der Waals surface area contributed by atoms with Crippen LogP contribution in [0.3, 0.4) is 0 Å². The van der Waals surface area contributed by atoms with Gasteiger partial charge in [-0.1, -0.05) is 6.42 Å². The van der Waals surface area contributed by atoms with Crippen molar-refractivity contribution in [3.8, 4) is 0 Å². The van der Waals surface area contributed by atoms with Crippen LogP contribution < -0.4 is 10.6 Å². The molecular weight excluding hydrogens is 304 g/mol. The molecule has 24 heavy (non-hydrogen) atoms. The highest BCUT2D eigenvalue weighted by atomic mass is 16.5. The molecule has 132 valence electrons. The van der Waals surface area contributed by atoms with Gasteiger partial charge in [0.15, 0.2) is 11.8 Å². The summed E-state index contributed by atoms with van der Waals surface area (Å²) in [6.07, 6.45) is 9.01. The van der Waals surface area contributed by atoms with Crippen molar-refractivity contribution in [3.05, 3.63) is 11.6 Å². The zero-order chi connectivity index (χ0) is 16.4. The highest BCUT2D eigenvalue weighted by molar-refractivity contribution is 5.80. The van der Waals surface area contributed by atoms with Crippen molar-refractivity contribution in [1.82, 2.24) is 25.4 Å². The van der Waals surface area contributed by atoms with Crippen LogP contribution >= 0.6 is 0 Å². The molecule has 3 unspecified atom stereocenters. The number of aliphatic imine (C=N–C) groups is 1. The molecular formula is C17H28N6O. The molecule has 2 bridgehead atoms. The number of guanidine groups is 1. The maximum atomic E-state index is 5.93. The Morgan fingerprint density at radius 1 is 1.29 bits per heavy atom. The van der Waals surface area contributed by atoms with E-state index in [-0.39, 0.29) is 0 Å². The Bertz CT molecular complexity index is 598. The molecule has 2 N–H and O–H groups in total. The highest BCUT2D eigenvalue weighted by Gasteiger charge is 2.41. The minimum Gasteiger partial charge on any atom is -0.373 e. The lowest BCUT2D eigenvalue weighted by molar-refractivity contribution is 0.0992. The summed E-state index contributed by atoms with van der Waals surface area (Å²) in [5.74, 6) is 2.97. The predicted molar refractivity (Wildman–Crippen MR) is 91.8 cm³/mol. The Morgan fingerprint density at radius 2 is 2.25 bits per heavy atom. The van der Waals surface area contributed by atoms with Crippen LogP contribution in [0.4, 0.5) is 0 Å². The first-order chi connectivity index (χ1) is 11.8. The van der Waals surface area contributed by atoms with Crippen molar-refractivity contribution in [2.45, 2.75) is 83.2 Å². The topological polar surface area (TPSA) is 76.4 Å². The molecule has 7 nitrogen and oxygen atoms in total. The SMILES string of the molecule is CCNC(=NCc1nnc2n1CCCCC2)NC1CC2CCC1O2. The lowest BCUT2D eigenvalue weighted by Gasteiger charge is -2.22. The minimum atomic E-state index is 0.350. The Balaban J connectivity index is 1.43.